The summed E-state index contributed by atoms with van der Waals surface area (Å²) in [6.45, 7) is 6.01. The first-order valence-corrected chi connectivity index (χ1v) is 8.16. The second kappa shape index (κ2) is 9.15. The molecule has 1 aromatic carbocycles. The van der Waals surface area contributed by atoms with Gasteiger partial charge in [-0.1, -0.05) is 6.92 Å². The fraction of sp³-hybridized carbons (Fsp3) is 0.421. The Bertz CT molecular complexity index is 681. The third-order valence-corrected chi connectivity index (χ3v) is 3.49. The minimum Gasteiger partial charge on any atom is -0.487 e. The maximum Gasteiger partial charge on any atom is 0.334 e. The van der Waals surface area contributed by atoms with Gasteiger partial charge in [0.25, 0.3) is 0 Å². The van der Waals surface area contributed by atoms with Crippen LogP contribution in [-0.4, -0.2) is 46.2 Å². The summed E-state index contributed by atoms with van der Waals surface area (Å²) in [6, 6.07) is 6.29. The first-order valence-electron chi connectivity index (χ1n) is 8.16. The zero-order valence-electron chi connectivity index (χ0n) is 15.3. The number of aliphatic hydroxyl groups is 1. The summed E-state index contributed by atoms with van der Waals surface area (Å²) in [5.74, 6) is -1.85. The highest BCUT2D eigenvalue weighted by Crippen LogP contribution is 2.19. The summed E-state index contributed by atoms with van der Waals surface area (Å²) >= 11 is 0. The SMILES string of the molecule is CCC(COC(=O)/C(C)=C/C(=O)O)Oc1ccc(C(=O)C(C)(C)O)cc1. The van der Waals surface area contributed by atoms with Crippen molar-refractivity contribution in [1.29, 1.82) is 0 Å². The van der Waals surface area contributed by atoms with Crippen LogP contribution in [0.4, 0.5) is 0 Å². The molecule has 0 fully saturated rings. The highest BCUT2D eigenvalue weighted by atomic mass is 16.6. The van der Waals surface area contributed by atoms with E-state index in [2.05, 4.69) is 0 Å². The summed E-state index contributed by atoms with van der Waals surface area (Å²) in [4.78, 5) is 34.2. The predicted molar refractivity (Wildman–Crippen MR) is 94.1 cm³/mol. The molecule has 0 saturated heterocycles. The molecule has 7 nitrogen and oxygen atoms in total. The molecule has 0 radical (unpaired) electrons. The van der Waals surface area contributed by atoms with Crippen molar-refractivity contribution in [3.8, 4) is 5.75 Å². The van der Waals surface area contributed by atoms with Gasteiger partial charge < -0.3 is 19.7 Å². The largest absolute Gasteiger partial charge is 0.487 e. The van der Waals surface area contributed by atoms with E-state index in [-0.39, 0.29) is 12.2 Å². The van der Waals surface area contributed by atoms with Crippen LogP contribution in [0.1, 0.15) is 44.5 Å². The number of benzene rings is 1. The Kier molecular flexibility index (Phi) is 7.52. The molecule has 1 aromatic rings. The van der Waals surface area contributed by atoms with Crippen LogP contribution in [0.3, 0.4) is 0 Å². The molecule has 26 heavy (non-hydrogen) atoms. The highest BCUT2D eigenvalue weighted by Gasteiger charge is 2.25. The lowest BCUT2D eigenvalue weighted by Gasteiger charge is -2.19. The zero-order valence-corrected chi connectivity index (χ0v) is 15.3. The molecule has 1 rings (SSSR count). The number of ether oxygens (including phenoxy) is 2. The highest BCUT2D eigenvalue weighted by molar-refractivity contribution is 6.01. The molecular weight excluding hydrogens is 340 g/mol. The molecule has 1 unspecified atom stereocenters. The number of carboxylic acids is 1. The second-order valence-electron chi connectivity index (χ2n) is 6.32. The number of esters is 1. The normalized spacial score (nSPS) is 13.0. The van der Waals surface area contributed by atoms with Crippen LogP contribution < -0.4 is 4.74 Å². The van der Waals surface area contributed by atoms with E-state index < -0.39 is 29.4 Å². The van der Waals surface area contributed by atoms with Gasteiger partial charge >= 0.3 is 11.9 Å². The van der Waals surface area contributed by atoms with E-state index in [0.717, 1.165) is 6.08 Å². The predicted octanol–water partition coefficient (Wildman–Crippen LogP) is 2.37. The van der Waals surface area contributed by atoms with Crippen molar-refractivity contribution >= 4 is 17.7 Å². The smallest absolute Gasteiger partial charge is 0.334 e. The third-order valence-electron chi connectivity index (χ3n) is 3.49. The van der Waals surface area contributed by atoms with Gasteiger partial charge in [-0.2, -0.15) is 0 Å². The van der Waals surface area contributed by atoms with Crippen molar-refractivity contribution in [2.24, 2.45) is 0 Å². The summed E-state index contributed by atoms with van der Waals surface area (Å²) in [5, 5.41) is 18.4. The Balaban J connectivity index is 2.67. The van der Waals surface area contributed by atoms with E-state index in [1.807, 2.05) is 6.92 Å². The van der Waals surface area contributed by atoms with Crippen molar-refractivity contribution in [2.75, 3.05) is 6.61 Å². The van der Waals surface area contributed by atoms with Crippen molar-refractivity contribution in [3.05, 3.63) is 41.5 Å². The van der Waals surface area contributed by atoms with E-state index in [9.17, 15) is 19.5 Å². The quantitative estimate of drug-likeness (QED) is 0.393. The number of ketones is 1. The van der Waals surface area contributed by atoms with Crippen LogP contribution in [0.2, 0.25) is 0 Å². The van der Waals surface area contributed by atoms with Crippen LogP contribution in [-0.2, 0) is 14.3 Å². The first-order chi connectivity index (χ1) is 12.0. The number of Topliss-reactive ketones (excluding diaryl/α,β-unsaturated/α-hetero) is 1. The lowest BCUT2D eigenvalue weighted by molar-refractivity contribution is -0.142. The van der Waals surface area contributed by atoms with E-state index in [4.69, 9.17) is 14.6 Å². The molecule has 0 bridgehead atoms. The van der Waals surface area contributed by atoms with E-state index in [1.165, 1.54) is 20.8 Å². The molecule has 1 atom stereocenters. The molecule has 2 N–H and O–H groups in total. The fourth-order valence-corrected chi connectivity index (χ4v) is 1.99. The van der Waals surface area contributed by atoms with Gasteiger partial charge in [0.2, 0.25) is 0 Å². The van der Waals surface area contributed by atoms with Crippen LogP contribution >= 0.6 is 0 Å². The van der Waals surface area contributed by atoms with E-state index in [0.29, 0.717) is 17.7 Å². The molecule has 0 aliphatic rings. The van der Waals surface area contributed by atoms with Crippen molar-refractivity contribution < 1.29 is 34.1 Å². The topological polar surface area (TPSA) is 110 Å². The lowest BCUT2D eigenvalue weighted by Crippen LogP contribution is -2.31. The molecule has 0 heterocycles. The van der Waals surface area contributed by atoms with Gasteiger partial charge in [0, 0.05) is 17.2 Å². The molecule has 0 amide bonds. The van der Waals surface area contributed by atoms with Crippen LogP contribution in [0.25, 0.3) is 0 Å². The van der Waals surface area contributed by atoms with Gasteiger partial charge in [-0.3, -0.25) is 4.79 Å². The maximum atomic E-state index is 12.0. The first kappa shape index (κ1) is 21.4. The van der Waals surface area contributed by atoms with Gasteiger partial charge in [0.15, 0.2) is 5.78 Å². The summed E-state index contributed by atoms with van der Waals surface area (Å²) < 4.78 is 10.8. The van der Waals surface area contributed by atoms with Crippen molar-refractivity contribution in [2.45, 2.75) is 45.8 Å². The number of rotatable bonds is 9. The average molecular weight is 364 g/mol. The molecule has 142 valence electrons. The number of carbonyl (C=O) groups is 3. The Morgan fingerprint density at radius 3 is 2.23 bits per heavy atom. The third kappa shape index (κ3) is 6.68. The lowest BCUT2D eigenvalue weighted by atomic mass is 9.97. The molecule has 0 spiro atoms. The van der Waals surface area contributed by atoms with Crippen molar-refractivity contribution in [3.63, 3.8) is 0 Å². The fourth-order valence-electron chi connectivity index (χ4n) is 1.99. The molecule has 0 saturated carbocycles. The number of hydrogen-bond donors (Lipinski definition) is 2. The minimum atomic E-state index is -1.45. The molecule has 0 aromatic heterocycles. The summed E-state index contributed by atoms with van der Waals surface area (Å²) in [5.41, 5.74) is -1.11. The van der Waals surface area contributed by atoms with Gasteiger partial charge in [0.05, 0.1) is 0 Å². The average Bonchev–Trinajstić information content (AvgIpc) is 2.56. The van der Waals surface area contributed by atoms with Crippen LogP contribution in [0.15, 0.2) is 35.9 Å². The number of aliphatic carboxylic acids is 1. The Morgan fingerprint density at radius 2 is 1.77 bits per heavy atom. The summed E-state index contributed by atoms with van der Waals surface area (Å²) in [6.07, 6.45) is 0.911. The van der Waals surface area contributed by atoms with Gasteiger partial charge in [0.1, 0.15) is 24.1 Å². The van der Waals surface area contributed by atoms with Crippen molar-refractivity contribution in [1.82, 2.24) is 0 Å². The van der Waals surface area contributed by atoms with Gasteiger partial charge in [-0.15, -0.1) is 0 Å². The maximum absolute atomic E-state index is 12.0. The van der Waals surface area contributed by atoms with Gasteiger partial charge in [-0.25, -0.2) is 9.59 Å². The number of carboxylic acid groups (broad SMARTS) is 1. The Morgan fingerprint density at radius 1 is 1.19 bits per heavy atom. The number of carbonyl (C=O) groups excluding carboxylic acids is 2. The molecule has 7 heteroatoms. The van der Waals surface area contributed by atoms with Gasteiger partial charge in [-0.05, 0) is 51.5 Å². The minimum absolute atomic E-state index is 0.0122. The summed E-state index contributed by atoms with van der Waals surface area (Å²) in [7, 11) is 0. The molecule has 0 aliphatic heterocycles. The molecular formula is C19H24O7. The van der Waals surface area contributed by atoms with Crippen LogP contribution in [0.5, 0.6) is 5.75 Å². The Hall–Kier alpha value is -2.67. The standard InChI is InChI=1S/C19H24O7/c1-5-14(11-25-18(23)12(2)10-16(20)21)26-15-8-6-13(7-9-15)17(22)19(3,4)24/h6-10,14,24H,5,11H2,1-4H3,(H,20,21)/b12-10+. The van der Waals surface area contributed by atoms with E-state index >= 15 is 0 Å². The second-order valence-corrected chi connectivity index (χ2v) is 6.32. The van der Waals surface area contributed by atoms with E-state index in [1.54, 1.807) is 24.3 Å². The zero-order chi connectivity index (χ0) is 19.9. The number of hydrogen-bond acceptors (Lipinski definition) is 6. The van der Waals surface area contributed by atoms with Crippen LogP contribution in [0, 0.1) is 0 Å². The molecule has 0 aliphatic carbocycles. The monoisotopic (exact) mass is 364 g/mol. The Labute approximate surface area is 152 Å².